The van der Waals surface area contributed by atoms with Gasteiger partial charge in [0.25, 0.3) is 5.91 Å². The zero-order chi connectivity index (χ0) is 12.6. The summed E-state index contributed by atoms with van der Waals surface area (Å²) >= 11 is 3.24. The Morgan fingerprint density at radius 3 is 2.71 bits per heavy atom. The molecule has 88 valence electrons. The fourth-order valence-corrected chi connectivity index (χ4v) is 1.92. The van der Waals surface area contributed by atoms with Gasteiger partial charge in [-0.2, -0.15) is 0 Å². The van der Waals surface area contributed by atoms with E-state index in [-0.39, 0.29) is 17.0 Å². The maximum Gasteiger partial charge on any atom is 0.335 e. The molecule has 0 bridgehead atoms. The van der Waals surface area contributed by atoms with Gasteiger partial charge in [-0.1, -0.05) is 0 Å². The molecular formula is C11H8BrNO4. The van der Waals surface area contributed by atoms with E-state index in [1.165, 1.54) is 25.4 Å². The lowest BCUT2D eigenvalue weighted by atomic mass is 10.1. The summed E-state index contributed by atoms with van der Waals surface area (Å²) in [5.41, 5.74) is 0.604. The standard InChI is InChI=1S/C11H8BrNO4/c1-13-10(14)7-3-5(11(15)16)2-6-8(12)4-17-9(6)7/h2-4H,1H3,(H,13,14)(H,15,16). The maximum atomic E-state index is 11.6. The average molecular weight is 298 g/mol. The molecule has 1 aromatic carbocycles. The first-order valence-corrected chi connectivity index (χ1v) is 5.50. The molecule has 0 aliphatic heterocycles. The van der Waals surface area contributed by atoms with Gasteiger partial charge in [0, 0.05) is 12.4 Å². The predicted molar refractivity (Wildman–Crippen MR) is 64.3 cm³/mol. The monoisotopic (exact) mass is 297 g/mol. The average Bonchev–Trinajstić information content (AvgIpc) is 2.69. The molecule has 2 N–H and O–H groups in total. The molecule has 5 nitrogen and oxygen atoms in total. The topological polar surface area (TPSA) is 79.5 Å². The molecule has 1 aromatic heterocycles. The minimum Gasteiger partial charge on any atom is -0.478 e. The summed E-state index contributed by atoms with van der Waals surface area (Å²) in [5.74, 6) is -1.48. The number of carboxylic acids is 1. The second-order valence-corrected chi connectivity index (χ2v) is 4.22. The van der Waals surface area contributed by atoms with Gasteiger partial charge in [-0.3, -0.25) is 4.79 Å². The molecule has 0 radical (unpaired) electrons. The van der Waals surface area contributed by atoms with E-state index < -0.39 is 5.97 Å². The van der Waals surface area contributed by atoms with Crippen LogP contribution in [0.4, 0.5) is 0 Å². The molecule has 0 fully saturated rings. The highest BCUT2D eigenvalue weighted by molar-refractivity contribution is 9.10. The van der Waals surface area contributed by atoms with Crippen molar-refractivity contribution in [3.8, 4) is 0 Å². The first-order chi connectivity index (χ1) is 8.04. The highest BCUT2D eigenvalue weighted by atomic mass is 79.9. The van der Waals surface area contributed by atoms with Crippen LogP contribution in [0.5, 0.6) is 0 Å². The number of carboxylic acid groups (broad SMARTS) is 1. The molecule has 0 unspecified atom stereocenters. The molecule has 2 rings (SSSR count). The van der Waals surface area contributed by atoms with Gasteiger partial charge in [-0.25, -0.2) is 4.79 Å². The van der Waals surface area contributed by atoms with E-state index in [2.05, 4.69) is 21.2 Å². The molecule has 1 amide bonds. The zero-order valence-electron chi connectivity index (χ0n) is 8.78. The van der Waals surface area contributed by atoms with E-state index in [0.717, 1.165) is 0 Å². The van der Waals surface area contributed by atoms with Crippen molar-refractivity contribution in [1.82, 2.24) is 5.32 Å². The highest BCUT2D eigenvalue weighted by Gasteiger charge is 2.17. The SMILES string of the molecule is CNC(=O)c1cc(C(=O)O)cc2c(Br)coc12. The second kappa shape index (κ2) is 4.21. The van der Waals surface area contributed by atoms with E-state index >= 15 is 0 Å². The van der Waals surface area contributed by atoms with Crippen molar-refractivity contribution < 1.29 is 19.1 Å². The largest absolute Gasteiger partial charge is 0.478 e. The van der Waals surface area contributed by atoms with Crippen molar-refractivity contribution in [3.05, 3.63) is 34.0 Å². The Kier molecular flexibility index (Phi) is 2.89. The van der Waals surface area contributed by atoms with E-state index in [1.807, 2.05) is 0 Å². The normalized spacial score (nSPS) is 10.5. The quantitative estimate of drug-likeness (QED) is 0.891. The van der Waals surface area contributed by atoms with Crippen LogP contribution < -0.4 is 5.32 Å². The second-order valence-electron chi connectivity index (χ2n) is 3.37. The molecule has 1 heterocycles. The third-order valence-electron chi connectivity index (χ3n) is 2.35. The highest BCUT2D eigenvalue weighted by Crippen LogP contribution is 2.30. The number of hydrogen-bond donors (Lipinski definition) is 2. The Morgan fingerprint density at radius 1 is 1.41 bits per heavy atom. The van der Waals surface area contributed by atoms with Crippen LogP contribution in [0.2, 0.25) is 0 Å². The molecule has 2 aromatic rings. The fraction of sp³-hybridized carbons (Fsp3) is 0.0909. The maximum absolute atomic E-state index is 11.6. The number of hydrogen-bond acceptors (Lipinski definition) is 3. The lowest BCUT2D eigenvalue weighted by Gasteiger charge is -2.03. The van der Waals surface area contributed by atoms with Gasteiger partial charge in [0.2, 0.25) is 0 Å². The molecule has 0 atom stereocenters. The van der Waals surface area contributed by atoms with Gasteiger partial charge < -0.3 is 14.8 Å². The summed E-state index contributed by atoms with van der Waals surface area (Å²) in [4.78, 5) is 22.6. The number of rotatable bonds is 2. The number of fused-ring (bicyclic) bond motifs is 1. The summed E-state index contributed by atoms with van der Waals surface area (Å²) in [7, 11) is 1.47. The minimum absolute atomic E-state index is 0.0400. The minimum atomic E-state index is -1.09. The van der Waals surface area contributed by atoms with Gasteiger partial charge in [0.05, 0.1) is 15.6 Å². The Bertz CT molecular complexity index is 617. The molecule has 0 aliphatic carbocycles. The van der Waals surface area contributed by atoms with E-state index in [1.54, 1.807) is 0 Å². The van der Waals surface area contributed by atoms with E-state index in [0.29, 0.717) is 15.4 Å². The third kappa shape index (κ3) is 1.91. The summed E-state index contributed by atoms with van der Waals surface area (Å²) < 4.78 is 5.85. The van der Waals surface area contributed by atoms with Crippen molar-refractivity contribution in [3.63, 3.8) is 0 Å². The number of halogens is 1. The molecular weight excluding hydrogens is 290 g/mol. The van der Waals surface area contributed by atoms with Crippen molar-refractivity contribution >= 4 is 38.8 Å². The number of furan rings is 1. The number of aromatic carboxylic acids is 1. The lowest BCUT2D eigenvalue weighted by Crippen LogP contribution is -2.18. The molecule has 0 aliphatic rings. The third-order valence-corrected chi connectivity index (χ3v) is 2.96. The van der Waals surface area contributed by atoms with Crippen LogP contribution in [-0.4, -0.2) is 24.0 Å². The van der Waals surface area contributed by atoms with E-state index in [9.17, 15) is 9.59 Å². The number of amides is 1. The van der Waals surface area contributed by atoms with Gasteiger partial charge in [0.1, 0.15) is 11.8 Å². The van der Waals surface area contributed by atoms with Crippen LogP contribution in [0.25, 0.3) is 11.0 Å². The fourth-order valence-electron chi connectivity index (χ4n) is 1.53. The summed E-state index contributed by atoms with van der Waals surface area (Å²) in [6.45, 7) is 0. The van der Waals surface area contributed by atoms with Gasteiger partial charge in [-0.05, 0) is 28.1 Å². The molecule has 0 saturated carbocycles. The van der Waals surface area contributed by atoms with Crippen LogP contribution in [0, 0.1) is 0 Å². The van der Waals surface area contributed by atoms with Gasteiger partial charge in [-0.15, -0.1) is 0 Å². The first-order valence-electron chi connectivity index (χ1n) is 4.70. The van der Waals surface area contributed by atoms with Crippen molar-refractivity contribution in [1.29, 1.82) is 0 Å². The van der Waals surface area contributed by atoms with Crippen LogP contribution in [-0.2, 0) is 0 Å². The lowest BCUT2D eigenvalue weighted by molar-refractivity contribution is 0.0697. The van der Waals surface area contributed by atoms with Crippen molar-refractivity contribution in [2.45, 2.75) is 0 Å². The summed E-state index contributed by atoms with van der Waals surface area (Å²) in [5, 5.41) is 12.0. The van der Waals surface area contributed by atoms with E-state index in [4.69, 9.17) is 9.52 Å². The summed E-state index contributed by atoms with van der Waals surface area (Å²) in [6, 6.07) is 2.75. The Morgan fingerprint density at radius 2 is 2.12 bits per heavy atom. The molecule has 17 heavy (non-hydrogen) atoms. The van der Waals surface area contributed by atoms with Crippen LogP contribution in [0.15, 0.2) is 27.3 Å². The van der Waals surface area contributed by atoms with Crippen LogP contribution in [0.3, 0.4) is 0 Å². The van der Waals surface area contributed by atoms with Crippen molar-refractivity contribution in [2.75, 3.05) is 7.05 Å². The number of nitrogens with one attached hydrogen (secondary N) is 1. The van der Waals surface area contributed by atoms with Crippen molar-refractivity contribution in [2.24, 2.45) is 0 Å². The smallest absolute Gasteiger partial charge is 0.335 e. The molecule has 0 spiro atoms. The summed E-state index contributed by atoms with van der Waals surface area (Å²) in [6.07, 6.45) is 1.42. The van der Waals surface area contributed by atoms with Gasteiger partial charge in [0.15, 0.2) is 0 Å². The number of carbonyl (C=O) groups excluding carboxylic acids is 1. The molecule has 6 heteroatoms. The Hall–Kier alpha value is -1.82. The Balaban J connectivity index is 2.79. The number of carbonyl (C=O) groups is 2. The Labute approximate surface area is 105 Å². The van der Waals surface area contributed by atoms with Crippen LogP contribution >= 0.6 is 15.9 Å². The molecule has 0 saturated heterocycles. The van der Waals surface area contributed by atoms with Gasteiger partial charge >= 0.3 is 5.97 Å². The number of benzene rings is 1. The predicted octanol–water partition coefficient (Wildman–Crippen LogP) is 2.25. The van der Waals surface area contributed by atoms with Crippen LogP contribution in [0.1, 0.15) is 20.7 Å². The first kappa shape index (κ1) is 11.7. The zero-order valence-corrected chi connectivity index (χ0v) is 10.4.